The summed E-state index contributed by atoms with van der Waals surface area (Å²) in [6.45, 7) is 2.39. The molecule has 0 aliphatic rings. The van der Waals surface area contributed by atoms with E-state index in [2.05, 4.69) is 0 Å². The van der Waals surface area contributed by atoms with Crippen molar-refractivity contribution in [2.75, 3.05) is 20.8 Å². The molecule has 1 rings (SSSR count). The van der Waals surface area contributed by atoms with E-state index in [0.29, 0.717) is 12.4 Å². The van der Waals surface area contributed by atoms with Gasteiger partial charge in [0.25, 0.3) is 0 Å². The van der Waals surface area contributed by atoms with E-state index < -0.39 is 0 Å². The molecule has 1 aromatic carbocycles. The minimum Gasteiger partial charge on any atom is -0.410 e. The Labute approximate surface area is 95.8 Å². The third-order valence-electron chi connectivity index (χ3n) is 2.31. The van der Waals surface area contributed by atoms with Crippen LogP contribution >= 0.6 is 0 Å². The summed E-state index contributed by atoms with van der Waals surface area (Å²) in [5, 5.41) is 0. The molecule has 0 radical (unpaired) electrons. The fourth-order valence-corrected chi connectivity index (χ4v) is 1.19. The summed E-state index contributed by atoms with van der Waals surface area (Å²) in [4.78, 5) is 13.2. The van der Waals surface area contributed by atoms with Crippen LogP contribution in [0.4, 0.5) is 4.79 Å². The highest BCUT2D eigenvalue weighted by atomic mass is 16.6. The van der Waals surface area contributed by atoms with Crippen molar-refractivity contribution in [3.8, 4) is 5.75 Å². The zero-order valence-electron chi connectivity index (χ0n) is 9.84. The molecule has 0 aliphatic carbocycles. The van der Waals surface area contributed by atoms with Crippen molar-refractivity contribution >= 4 is 6.09 Å². The highest BCUT2D eigenvalue weighted by Gasteiger charge is 2.17. The first-order valence-electron chi connectivity index (χ1n) is 5.13. The standard InChI is InChI=1S/C12H17NO3/c1-10(9-15-3)13(2)12(14)16-11-7-5-4-6-8-11/h4-8,10H,9H2,1-3H3. The van der Waals surface area contributed by atoms with Crippen LogP contribution in [0.25, 0.3) is 0 Å². The number of benzene rings is 1. The van der Waals surface area contributed by atoms with Gasteiger partial charge in [0.15, 0.2) is 0 Å². The molecule has 1 aromatic rings. The summed E-state index contributed by atoms with van der Waals surface area (Å²) in [7, 11) is 3.29. The number of nitrogens with zero attached hydrogens (tertiary/aromatic N) is 1. The lowest BCUT2D eigenvalue weighted by atomic mass is 10.3. The summed E-state index contributed by atoms with van der Waals surface area (Å²) in [5.74, 6) is 0.545. The molecule has 16 heavy (non-hydrogen) atoms. The molecule has 4 nitrogen and oxygen atoms in total. The summed E-state index contributed by atoms with van der Waals surface area (Å²) in [5.41, 5.74) is 0. The van der Waals surface area contributed by atoms with E-state index >= 15 is 0 Å². The highest BCUT2D eigenvalue weighted by molar-refractivity contribution is 5.70. The Bertz CT molecular complexity index is 326. The number of hydrogen-bond donors (Lipinski definition) is 0. The van der Waals surface area contributed by atoms with Gasteiger partial charge < -0.3 is 14.4 Å². The number of rotatable bonds is 4. The molecule has 0 fully saturated rings. The monoisotopic (exact) mass is 223 g/mol. The second-order valence-electron chi connectivity index (χ2n) is 3.60. The smallest absolute Gasteiger partial charge is 0.410 e. The highest BCUT2D eigenvalue weighted by Crippen LogP contribution is 2.10. The quantitative estimate of drug-likeness (QED) is 0.785. The summed E-state index contributed by atoms with van der Waals surface area (Å²) in [6.07, 6.45) is -0.379. The van der Waals surface area contributed by atoms with Crippen molar-refractivity contribution in [2.45, 2.75) is 13.0 Å². The maximum Gasteiger partial charge on any atom is 0.415 e. The minimum absolute atomic E-state index is 0.0128. The molecular formula is C12H17NO3. The van der Waals surface area contributed by atoms with E-state index in [1.807, 2.05) is 25.1 Å². The zero-order chi connectivity index (χ0) is 12.0. The van der Waals surface area contributed by atoms with Gasteiger partial charge in [-0.2, -0.15) is 0 Å². The van der Waals surface area contributed by atoms with E-state index in [0.717, 1.165) is 0 Å². The van der Waals surface area contributed by atoms with Crippen molar-refractivity contribution in [3.05, 3.63) is 30.3 Å². The van der Waals surface area contributed by atoms with Crippen LogP contribution in [0.3, 0.4) is 0 Å². The predicted molar refractivity (Wildman–Crippen MR) is 61.6 cm³/mol. The number of methoxy groups -OCH3 is 1. The van der Waals surface area contributed by atoms with Crippen LogP contribution in [0.2, 0.25) is 0 Å². The molecule has 0 bridgehead atoms. The molecule has 0 spiro atoms. The normalized spacial score (nSPS) is 11.9. The van der Waals surface area contributed by atoms with Crippen LogP contribution in [0.1, 0.15) is 6.92 Å². The molecule has 1 atom stereocenters. The van der Waals surface area contributed by atoms with E-state index in [4.69, 9.17) is 9.47 Å². The third-order valence-corrected chi connectivity index (χ3v) is 2.31. The number of amides is 1. The Morgan fingerprint density at radius 2 is 2.00 bits per heavy atom. The van der Waals surface area contributed by atoms with Crippen LogP contribution < -0.4 is 4.74 Å². The van der Waals surface area contributed by atoms with Crippen molar-refractivity contribution < 1.29 is 14.3 Å². The lowest BCUT2D eigenvalue weighted by Crippen LogP contribution is -2.39. The van der Waals surface area contributed by atoms with E-state index in [-0.39, 0.29) is 12.1 Å². The van der Waals surface area contributed by atoms with Gasteiger partial charge in [-0.15, -0.1) is 0 Å². The number of ether oxygens (including phenoxy) is 2. The Kier molecular flexibility index (Phi) is 4.79. The first kappa shape index (κ1) is 12.5. The maximum atomic E-state index is 11.7. The van der Waals surface area contributed by atoms with Gasteiger partial charge in [0.05, 0.1) is 12.6 Å². The Balaban J connectivity index is 2.52. The largest absolute Gasteiger partial charge is 0.415 e. The first-order valence-corrected chi connectivity index (χ1v) is 5.13. The topological polar surface area (TPSA) is 38.8 Å². The molecule has 88 valence electrons. The first-order chi connectivity index (χ1) is 7.65. The fourth-order valence-electron chi connectivity index (χ4n) is 1.19. The lowest BCUT2D eigenvalue weighted by Gasteiger charge is -2.23. The third kappa shape index (κ3) is 3.55. The second kappa shape index (κ2) is 6.12. The van der Waals surface area contributed by atoms with E-state index in [9.17, 15) is 4.79 Å². The van der Waals surface area contributed by atoms with Gasteiger partial charge >= 0.3 is 6.09 Å². The number of hydrogen-bond acceptors (Lipinski definition) is 3. The summed E-state index contributed by atoms with van der Waals surface area (Å²) in [6, 6.07) is 8.98. The molecular weight excluding hydrogens is 206 g/mol. The van der Waals surface area contributed by atoms with Crippen LogP contribution in [-0.2, 0) is 4.74 Å². The number of carbonyl (C=O) groups is 1. The van der Waals surface area contributed by atoms with Gasteiger partial charge in [0.2, 0.25) is 0 Å². The van der Waals surface area contributed by atoms with Gasteiger partial charge in [0, 0.05) is 14.2 Å². The van der Waals surface area contributed by atoms with Crippen LogP contribution in [-0.4, -0.2) is 37.8 Å². The average Bonchev–Trinajstić information content (AvgIpc) is 2.29. The maximum absolute atomic E-state index is 11.7. The average molecular weight is 223 g/mol. The molecule has 0 saturated carbocycles. The molecule has 0 aromatic heterocycles. The number of likely N-dealkylation sites (N-methyl/N-ethyl adjacent to an activating group) is 1. The molecule has 0 aliphatic heterocycles. The van der Waals surface area contributed by atoms with Gasteiger partial charge in [-0.3, -0.25) is 0 Å². The molecule has 0 N–H and O–H groups in total. The summed E-state index contributed by atoms with van der Waals surface area (Å²) < 4.78 is 10.2. The minimum atomic E-state index is -0.379. The van der Waals surface area contributed by atoms with Gasteiger partial charge in [-0.25, -0.2) is 4.79 Å². The Morgan fingerprint density at radius 1 is 1.38 bits per heavy atom. The van der Waals surface area contributed by atoms with Crippen LogP contribution in [0, 0.1) is 0 Å². The molecule has 1 amide bonds. The zero-order valence-corrected chi connectivity index (χ0v) is 9.84. The van der Waals surface area contributed by atoms with E-state index in [1.165, 1.54) is 4.90 Å². The van der Waals surface area contributed by atoms with Gasteiger partial charge in [0.1, 0.15) is 5.75 Å². The Morgan fingerprint density at radius 3 is 2.56 bits per heavy atom. The molecule has 1 unspecified atom stereocenters. The summed E-state index contributed by atoms with van der Waals surface area (Å²) >= 11 is 0. The van der Waals surface area contributed by atoms with Crippen molar-refractivity contribution in [3.63, 3.8) is 0 Å². The lowest BCUT2D eigenvalue weighted by molar-refractivity contribution is 0.103. The van der Waals surface area contributed by atoms with E-state index in [1.54, 1.807) is 26.3 Å². The van der Waals surface area contributed by atoms with Gasteiger partial charge in [-0.1, -0.05) is 18.2 Å². The fraction of sp³-hybridized carbons (Fsp3) is 0.417. The van der Waals surface area contributed by atoms with Crippen LogP contribution in [0.5, 0.6) is 5.75 Å². The number of carbonyl (C=O) groups excluding carboxylic acids is 1. The van der Waals surface area contributed by atoms with Crippen molar-refractivity contribution in [1.29, 1.82) is 0 Å². The number of para-hydroxylation sites is 1. The molecule has 4 heteroatoms. The van der Waals surface area contributed by atoms with Crippen molar-refractivity contribution in [1.82, 2.24) is 4.90 Å². The van der Waals surface area contributed by atoms with Crippen molar-refractivity contribution in [2.24, 2.45) is 0 Å². The van der Waals surface area contributed by atoms with Crippen LogP contribution in [0.15, 0.2) is 30.3 Å². The molecule has 0 saturated heterocycles. The SMILES string of the molecule is COCC(C)N(C)C(=O)Oc1ccccc1. The molecule has 0 heterocycles. The predicted octanol–water partition coefficient (Wildman–Crippen LogP) is 2.15. The second-order valence-corrected chi connectivity index (χ2v) is 3.60. The Hall–Kier alpha value is -1.55. The van der Waals surface area contributed by atoms with Gasteiger partial charge in [-0.05, 0) is 19.1 Å².